The predicted molar refractivity (Wildman–Crippen MR) is 121 cm³/mol. The van der Waals surface area contributed by atoms with Crippen molar-refractivity contribution in [3.63, 3.8) is 0 Å². The second-order valence-electron chi connectivity index (χ2n) is 6.18. The number of halogens is 4. The molecule has 1 N–H and O–H groups in total. The summed E-state index contributed by atoms with van der Waals surface area (Å²) in [5.74, 6) is -0.400. The molecule has 30 heavy (non-hydrogen) atoms. The molecule has 5 nitrogen and oxygen atoms in total. The summed E-state index contributed by atoms with van der Waals surface area (Å²) in [6.45, 7) is 5.78. The van der Waals surface area contributed by atoms with Gasteiger partial charge in [-0.05, 0) is 31.2 Å². The molecule has 1 atom stereocenters. The van der Waals surface area contributed by atoms with Gasteiger partial charge in [-0.1, -0.05) is 64.8 Å². The number of amides is 1. The minimum atomic E-state index is -0.575. The molecule has 1 aromatic heterocycles. The fourth-order valence-corrected chi connectivity index (χ4v) is 4.38. The topological polar surface area (TPSA) is 59.8 Å². The predicted octanol–water partition coefficient (Wildman–Crippen LogP) is 6.35. The van der Waals surface area contributed by atoms with Crippen LogP contribution in [0.2, 0.25) is 15.1 Å². The molecule has 156 valence electrons. The van der Waals surface area contributed by atoms with Gasteiger partial charge in [-0.25, -0.2) is 4.39 Å². The van der Waals surface area contributed by atoms with Crippen LogP contribution >= 0.6 is 46.6 Å². The van der Waals surface area contributed by atoms with Gasteiger partial charge >= 0.3 is 0 Å². The molecule has 0 aliphatic rings. The summed E-state index contributed by atoms with van der Waals surface area (Å²) in [7, 11) is 0. The Hall–Kier alpha value is -2.06. The lowest BCUT2D eigenvalue weighted by atomic mass is 10.2. The summed E-state index contributed by atoms with van der Waals surface area (Å²) >= 11 is 19.3. The second kappa shape index (κ2) is 9.83. The van der Waals surface area contributed by atoms with E-state index in [1.165, 1.54) is 30.0 Å². The third-order valence-corrected chi connectivity index (χ3v) is 5.94. The van der Waals surface area contributed by atoms with Crippen molar-refractivity contribution in [1.82, 2.24) is 14.8 Å². The highest BCUT2D eigenvalue weighted by Gasteiger charge is 2.23. The van der Waals surface area contributed by atoms with Crippen LogP contribution in [0.5, 0.6) is 0 Å². The number of thioether (sulfide) groups is 1. The second-order valence-corrected chi connectivity index (χ2v) is 8.74. The Morgan fingerprint density at radius 2 is 1.93 bits per heavy atom. The third-order valence-electron chi connectivity index (χ3n) is 4.05. The summed E-state index contributed by atoms with van der Waals surface area (Å²) in [5.41, 5.74) is 0.593. The van der Waals surface area contributed by atoms with Gasteiger partial charge in [0.1, 0.15) is 5.82 Å². The fraction of sp³-hybridized carbons (Fsp3) is 0.150. The number of benzene rings is 2. The normalized spacial score (nSPS) is 11.9. The number of nitrogens with zero attached hydrogens (tertiary/aromatic N) is 3. The fourth-order valence-electron chi connectivity index (χ4n) is 2.61. The van der Waals surface area contributed by atoms with Gasteiger partial charge < -0.3 is 5.32 Å². The van der Waals surface area contributed by atoms with E-state index < -0.39 is 11.1 Å². The Bertz CT molecular complexity index is 1080. The van der Waals surface area contributed by atoms with E-state index in [1.807, 2.05) is 0 Å². The molecule has 0 fully saturated rings. The zero-order valence-corrected chi connectivity index (χ0v) is 18.8. The van der Waals surface area contributed by atoms with Crippen molar-refractivity contribution >= 4 is 58.2 Å². The van der Waals surface area contributed by atoms with E-state index in [-0.39, 0.29) is 21.6 Å². The maximum atomic E-state index is 14.2. The van der Waals surface area contributed by atoms with Crippen LogP contribution in [0.25, 0.3) is 11.4 Å². The van der Waals surface area contributed by atoms with E-state index in [1.54, 1.807) is 35.8 Å². The van der Waals surface area contributed by atoms with E-state index in [2.05, 4.69) is 22.1 Å². The quantitative estimate of drug-likeness (QED) is 0.313. The number of allylic oxidation sites excluding steroid dienone is 1. The first-order chi connectivity index (χ1) is 14.3. The van der Waals surface area contributed by atoms with Crippen molar-refractivity contribution in [3.05, 3.63) is 69.9 Å². The van der Waals surface area contributed by atoms with Crippen molar-refractivity contribution in [1.29, 1.82) is 0 Å². The lowest BCUT2D eigenvalue weighted by Crippen LogP contribution is -2.23. The first-order valence-corrected chi connectivity index (χ1v) is 10.7. The maximum absolute atomic E-state index is 14.2. The SMILES string of the molecule is C=CCn1c(SC(C)C(=O)Nc2c(Cl)cc(Cl)cc2Cl)nnc1-c1ccccc1F. The van der Waals surface area contributed by atoms with Crippen LogP contribution in [-0.4, -0.2) is 25.9 Å². The molecule has 0 spiro atoms. The Balaban J connectivity index is 1.83. The molecule has 0 aliphatic heterocycles. The molecule has 1 heterocycles. The van der Waals surface area contributed by atoms with Gasteiger partial charge in [0.25, 0.3) is 0 Å². The number of aromatic nitrogens is 3. The molecular weight excluding hydrogens is 470 g/mol. The molecule has 0 aliphatic carbocycles. The maximum Gasteiger partial charge on any atom is 0.237 e. The van der Waals surface area contributed by atoms with E-state index in [0.29, 0.717) is 28.1 Å². The van der Waals surface area contributed by atoms with Crippen LogP contribution in [0, 0.1) is 5.82 Å². The highest BCUT2D eigenvalue weighted by Crippen LogP contribution is 2.35. The molecule has 0 bridgehead atoms. The summed E-state index contributed by atoms with van der Waals surface area (Å²) in [4.78, 5) is 12.7. The Kier molecular flexibility index (Phi) is 7.41. The number of hydrogen-bond donors (Lipinski definition) is 1. The summed E-state index contributed by atoms with van der Waals surface area (Å²) < 4.78 is 15.9. The van der Waals surface area contributed by atoms with Crippen LogP contribution < -0.4 is 5.32 Å². The van der Waals surface area contributed by atoms with Gasteiger partial charge in [0.2, 0.25) is 5.91 Å². The highest BCUT2D eigenvalue weighted by atomic mass is 35.5. The number of hydrogen-bond acceptors (Lipinski definition) is 4. The third kappa shape index (κ3) is 4.98. The van der Waals surface area contributed by atoms with Crippen molar-refractivity contribution in [3.8, 4) is 11.4 Å². The zero-order chi connectivity index (χ0) is 21.8. The zero-order valence-electron chi connectivity index (χ0n) is 15.7. The molecule has 0 saturated carbocycles. The summed E-state index contributed by atoms with van der Waals surface area (Å²) in [6.07, 6.45) is 1.65. The molecule has 3 aromatic rings. The molecular formula is C20H16Cl3FN4OS. The molecule has 0 radical (unpaired) electrons. The van der Waals surface area contributed by atoms with Crippen LogP contribution in [0.15, 0.2) is 54.2 Å². The smallest absolute Gasteiger partial charge is 0.237 e. The van der Waals surface area contributed by atoms with Gasteiger partial charge in [-0.3, -0.25) is 9.36 Å². The average molecular weight is 486 g/mol. The number of carbonyl (C=O) groups is 1. The Labute approximate surface area is 192 Å². The van der Waals surface area contributed by atoms with Crippen LogP contribution in [0.3, 0.4) is 0 Å². The molecule has 10 heteroatoms. The van der Waals surface area contributed by atoms with E-state index in [4.69, 9.17) is 34.8 Å². The lowest BCUT2D eigenvalue weighted by Gasteiger charge is -2.15. The minimum Gasteiger partial charge on any atom is -0.323 e. The van der Waals surface area contributed by atoms with E-state index >= 15 is 0 Å². The molecule has 1 amide bonds. The number of nitrogens with one attached hydrogen (secondary N) is 1. The van der Waals surface area contributed by atoms with Crippen molar-refractivity contribution in [2.45, 2.75) is 23.9 Å². The molecule has 0 saturated heterocycles. The Morgan fingerprint density at radius 3 is 2.57 bits per heavy atom. The van der Waals surface area contributed by atoms with Gasteiger partial charge in [0.05, 0.1) is 26.5 Å². The molecule has 2 aromatic carbocycles. The molecule has 3 rings (SSSR count). The monoisotopic (exact) mass is 484 g/mol. The van der Waals surface area contributed by atoms with Gasteiger partial charge in [0, 0.05) is 11.6 Å². The van der Waals surface area contributed by atoms with Crippen LogP contribution in [0.1, 0.15) is 6.92 Å². The van der Waals surface area contributed by atoms with Crippen LogP contribution in [0.4, 0.5) is 10.1 Å². The number of rotatable bonds is 7. The first-order valence-electron chi connectivity index (χ1n) is 8.73. The first kappa shape index (κ1) is 22.6. The summed E-state index contributed by atoms with van der Waals surface area (Å²) in [6, 6.07) is 9.27. The minimum absolute atomic E-state index is 0.231. The largest absolute Gasteiger partial charge is 0.323 e. The van der Waals surface area contributed by atoms with Crippen LogP contribution in [-0.2, 0) is 11.3 Å². The lowest BCUT2D eigenvalue weighted by molar-refractivity contribution is -0.115. The van der Waals surface area contributed by atoms with Gasteiger partial charge in [0.15, 0.2) is 11.0 Å². The van der Waals surface area contributed by atoms with E-state index in [9.17, 15) is 9.18 Å². The van der Waals surface area contributed by atoms with Crippen molar-refractivity contribution in [2.24, 2.45) is 0 Å². The Morgan fingerprint density at radius 1 is 1.27 bits per heavy atom. The van der Waals surface area contributed by atoms with E-state index in [0.717, 1.165) is 0 Å². The highest BCUT2D eigenvalue weighted by molar-refractivity contribution is 8.00. The standard InChI is InChI=1S/C20H16Cl3FN4OS/c1-3-8-28-18(13-6-4-5-7-16(13)24)26-27-20(28)30-11(2)19(29)25-17-14(22)9-12(21)10-15(17)23/h3-7,9-11H,1,8H2,2H3,(H,25,29). The van der Waals surface area contributed by atoms with Gasteiger partial charge in [-0.15, -0.1) is 16.8 Å². The van der Waals surface area contributed by atoms with Gasteiger partial charge in [-0.2, -0.15) is 0 Å². The molecule has 1 unspecified atom stereocenters. The summed E-state index contributed by atoms with van der Waals surface area (Å²) in [5, 5.41) is 11.7. The number of anilines is 1. The number of carbonyl (C=O) groups excluding carboxylic acids is 1. The average Bonchev–Trinajstić information content (AvgIpc) is 3.07. The van der Waals surface area contributed by atoms with Crippen molar-refractivity contribution < 1.29 is 9.18 Å². The van der Waals surface area contributed by atoms with Crippen molar-refractivity contribution in [2.75, 3.05) is 5.32 Å².